The molecule has 36 heavy (non-hydrogen) atoms. The molecule has 9 nitrogen and oxygen atoms in total. The first-order valence-corrected chi connectivity index (χ1v) is 12.7. The molecule has 1 atom stereocenters. The number of ether oxygens (including phenoxy) is 2. The zero-order chi connectivity index (χ0) is 26.0. The van der Waals surface area contributed by atoms with Crippen molar-refractivity contribution in [2.45, 2.75) is 26.8 Å². The molecular formula is C26H30BrN3O6. The summed E-state index contributed by atoms with van der Waals surface area (Å²) in [7, 11) is 0. The van der Waals surface area contributed by atoms with Crippen molar-refractivity contribution in [1.29, 1.82) is 0 Å². The van der Waals surface area contributed by atoms with Gasteiger partial charge in [-0.25, -0.2) is 4.79 Å². The Morgan fingerprint density at radius 3 is 2.61 bits per heavy atom. The van der Waals surface area contributed by atoms with Gasteiger partial charge < -0.3 is 24.5 Å². The van der Waals surface area contributed by atoms with Crippen LogP contribution in [-0.2, 0) is 19.1 Å². The highest BCUT2D eigenvalue weighted by molar-refractivity contribution is 9.10. The molecule has 2 aliphatic heterocycles. The number of morpholine rings is 1. The molecule has 1 unspecified atom stereocenters. The molecule has 0 radical (unpaired) electrons. The van der Waals surface area contributed by atoms with Gasteiger partial charge in [0.05, 0.1) is 31.4 Å². The number of rotatable bonds is 7. The van der Waals surface area contributed by atoms with Gasteiger partial charge in [0.15, 0.2) is 0 Å². The molecule has 0 spiro atoms. The number of H-pyrrole nitrogens is 1. The summed E-state index contributed by atoms with van der Waals surface area (Å²) in [5.74, 6) is -2.27. The second-order valence-electron chi connectivity index (χ2n) is 8.85. The predicted octanol–water partition coefficient (Wildman–Crippen LogP) is 3.32. The van der Waals surface area contributed by atoms with Gasteiger partial charge in [0, 0.05) is 41.9 Å². The van der Waals surface area contributed by atoms with Gasteiger partial charge in [-0.1, -0.05) is 28.1 Å². The van der Waals surface area contributed by atoms with Crippen LogP contribution in [0.2, 0.25) is 0 Å². The molecule has 10 heteroatoms. The number of aryl methyl sites for hydroxylation is 1. The Balaban J connectivity index is 1.79. The number of halogens is 1. The summed E-state index contributed by atoms with van der Waals surface area (Å²) in [4.78, 5) is 45.7. The van der Waals surface area contributed by atoms with E-state index in [0.29, 0.717) is 48.7 Å². The second kappa shape index (κ2) is 11.0. The van der Waals surface area contributed by atoms with E-state index >= 15 is 0 Å². The number of carbonyl (C=O) groups excluding carboxylic acids is 3. The number of benzene rings is 1. The molecule has 2 N–H and O–H groups in total. The Labute approximate surface area is 218 Å². The standard InChI is InChI=1S/C26H30BrN3O6/c1-4-36-26(34)21-15(2)19(16(3)28-21)23(31)20-22(17-6-5-7-18(27)14-17)30(25(33)24(20)32)9-8-29-10-12-35-13-11-29/h5-7,14,22,28,31H,4,8-13H2,1-3H3. The van der Waals surface area contributed by atoms with Gasteiger partial charge in [0.1, 0.15) is 11.5 Å². The van der Waals surface area contributed by atoms with E-state index in [1.165, 1.54) is 4.90 Å². The zero-order valence-electron chi connectivity index (χ0n) is 20.6. The SMILES string of the molecule is CCOC(=O)c1[nH]c(C)c(C(O)=C2C(=O)C(=O)N(CCN3CCOCC3)C2c2cccc(Br)c2)c1C. The van der Waals surface area contributed by atoms with Crippen LogP contribution in [0.5, 0.6) is 0 Å². The Morgan fingerprint density at radius 2 is 1.94 bits per heavy atom. The van der Waals surface area contributed by atoms with Gasteiger partial charge in [0.25, 0.3) is 11.7 Å². The Hall–Kier alpha value is -2.95. The first-order valence-electron chi connectivity index (χ1n) is 11.9. The minimum atomic E-state index is -0.775. The molecule has 2 saturated heterocycles. The summed E-state index contributed by atoms with van der Waals surface area (Å²) >= 11 is 3.47. The van der Waals surface area contributed by atoms with Crippen molar-refractivity contribution in [3.8, 4) is 0 Å². The van der Waals surface area contributed by atoms with Gasteiger partial charge in [-0.15, -0.1) is 0 Å². The summed E-state index contributed by atoms with van der Waals surface area (Å²) < 4.78 is 11.3. The summed E-state index contributed by atoms with van der Waals surface area (Å²) in [5, 5.41) is 11.5. The minimum Gasteiger partial charge on any atom is -0.507 e. The van der Waals surface area contributed by atoms with Crippen LogP contribution < -0.4 is 0 Å². The number of hydrogen-bond donors (Lipinski definition) is 2. The van der Waals surface area contributed by atoms with Gasteiger partial charge >= 0.3 is 5.97 Å². The molecule has 1 aromatic heterocycles. The molecule has 4 rings (SSSR count). The lowest BCUT2D eigenvalue weighted by atomic mass is 9.94. The number of aromatic amines is 1. The number of aliphatic hydroxyl groups is 1. The van der Waals surface area contributed by atoms with E-state index in [2.05, 4.69) is 25.8 Å². The lowest BCUT2D eigenvalue weighted by Crippen LogP contribution is -2.42. The van der Waals surface area contributed by atoms with Crippen LogP contribution in [0.3, 0.4) is 0 Å². The second-order valence-corrected chi connectivity index (χ2v) is 9.76. The smallest absolute Gasteiger partial charge is 0.355 e. The maximum absolute atomic E-state index is 13.4. The maximum atomic E-state index is 13.4. The van der Waals surface area contributed by atoms with Crippen molar-refractivity contribution < 1.29 is 29.0 Å². The van der Waals surface area contributed by atoms with Crippen LogP contribution in [0.15, 0.2) is 34.3 Å². The van der Waals surface area contributed by atoms with Gasteiger partial charge in [-0.3, -0.25) is 14.5 Å². The fourth-order valence-electron chi connectivity index (χ4n) is 4.86. The number of nitrogens with one attached hydrogen (secondary N) is 1. The third-order valence-corrected chi connectivity index (χ3v) is 7.11. The number of amides is 1. The van der Waals surface area contributed by atoms with Gasteiger partial charge in [0.2, 0.25) is 0 Å². The van der Waals surface area contributed by atoms with Crippen molar-refractivity contribution in [3.05, 3.63) is 62.4 Å². The number of aromatic nitrogens is 1. The van der Waals surface area contributed by atoms with Crippen LogP contribution in [0.25, 0.3) is 5.76 Å². The molecule has 3 heterocycles. The summed E-state index contributed by atoms with van der Waals surface area (Å²) in [5.41, 5.74) is 2.18. The quantitative estimate of drug-likeness (QED) is 0.231. The normalized spacial score (nSPS) is 20.2. The monoisotopic (exact) mass is 559 g/mol. The maximum Gasteiger partial charge on any atom is 0.355 e. The molecule has 2 aliphatic rings. The van der Waals surface area contributed by atoms with Crippen LogP contribution in [0.1, 0.15) is 45.8 Å². The van der Waals surface area contributed by atoms with E-state index in [-0.39, 0.29) is 23.6 Å². The molecule has 1 aromatic carbocycles. The average molecular weight is 560 g/mol. The highest BCUT2D eigenvalue weighted by atomic mass is 79.9. The predicted molar refractivity (Wildman–Crippen MR) is 137 cm³/mol. The number of ketones is 1. The number of hydrogen-bond acceptors (Lipinski definition) is 7. The van der Waals surface area contributed by atoms with Crippen molar-refractivity contribution in [2.24, 2.45) is 0 Å². The number of likely N-dealkylation sites (tertiary alicyclic amines) is 1. The van der Waals surface area contributed by atoms with Gasteiger partial charge in [-0.05, 0) is 44.0 Å². The number of esters is 1. The largest absolute Gasteiger partial charge is 0.507 e. The molecule has 1 amide bonds. The van der Waals surface area contributed by atoms with E-state index in [1.807, 2.05) is 24.3 Å². The molecule has 0 bridgehead atoms. The number of nitrogens with zero attached hydrogens (tertiary/aromatic N) is 2. The Kier molecular flexibility index (Phi) is 7.97. The minimum absolute atomic E-state index is 0.000636. The molecule has 2 fully saturated rings. The van der Waals surface area contributed by atoms with E-state index in [4.69, 9.17) is 9.47 Å². The van der Waals surface area contributed by atoms with Crippen LogP contribution in [0, 0.1) is 13.8 Å². The summed E-state index contributed by atoms with van der Waals surface area (Å²) in [6.45, 7) is 8.95. The highest BCUT2D eigenvalue weighted by Gasteiger charge is 2.46. The molecule has 0 saturated carbocycles. The lowest BCUT2D eigenvalue weighted by molar-refractivity contribution is -0.140. The summed E-state index contributed by atoms with van der Waals surface area (Å²) in [6.07, 6.45) is 0. The van der Waals surface area contributed by atoms with Crippen LogP contribution >= 0.6 is 15.9 Å². The Morgan fingerprint density at radius 1 is 1.22 bits per heavy atom. The van der Waals surface area contributed by atoms with Crippen molar-refractivity contribution in [1.82, 2.24) is 14.8 Å². The van der Waals surface area contributed by atoms with Gasteiger partial charge in [-0.2, -0.15) is 0 Å². The van der Waals surface area contributed by atoms with Crippen LogP contribution in [-0.4, -0.2) is 83.5 Å². The average Bonchev–Trinajstić information content (AvgIpc) is 3.30. The molecule has 2 aromatic rings. The number of Topliss-reactive ketones (excluding diaryl/α,β-unsaturated/α-hetero) is 1. The fourth-order valence-corrected chi connectivity index (χ4v) is 5.27. The first-order chi connectivity index (χ1) is 17.2. The van der Waals surface area contributed by atoms with E-state index in [1.54, 1.807) is 20.8 Å². The Bertz CT molecular complexity index is 1210. The fraction of sp³-hybridized carbons (Fsp3) is 0.423. The highest BCUT2D eigenvalue weighted by Crippen LogP contribution is 2.41. The molecule has 192 valence electrons. The lowest BCUT2D eigenvalue weighted by Gasteiger charge is -2.31. The van der Waals surface area contributed by atoms with Crippen molar-refractivity contribution in [3.63, 3.8) is 0 Å². The number of aliphatic hydroxyl groups excluding tert-OH is 1. The topological polar surface area (TPSA) is 112 Å². The molecular weight excluding hydrogens is 530 g/mol. The van der Waals surface area contributed by atoms with Crippen molar-refractivity contribution in [2.75, 3.05) is 46.0 Å². The van der Waals surface area contributed by atoms with Crippen LogP contribution in [0.4, 0.5) is 0 Å². The number of carbonyl (C=O) groups is 3. The molecule has 0 aliphatic carbocycles. The third kappa shape index (κ3) is 4.98. The zero-order valence-corrected chi connectivity index (χ0v) is 22.2. The van der Waals surface area contributed by atoms with Crippen molar-refractivity contribution >= 4 is 39.3 Å². The third-order valence-electron chi connectivity index (χ3n) is 6.62. The first kappa shape index (κ1) is 26.1. The summed E-state index contributed by atoms with van der Waals surface area (Å²) in [6, 6.07) is 6.58. The van der Waals surface area contributed by atoms with E-state index in [0.717, 1.165) is 17.6 Å². The van der Waals surface area contributed by atoms with E-state index in [9.17, 15) is 19.5 Å². The van der Waals surface area contributed by atoms with E-state index < -0.39 is 23.7 Å².